The van der Waals surface area contributed by atoms with Gasteiger partial charge in [0.1, 0.15) is 0 Å². The average Bonchev–Trinajstić information content (AvgIpc) is 2.79. The number of rotatable bonds is 7. The summed E-state index contributed by atoms with van der Waals surface area (Å²) < 4.78 is 0. The van der Waals surface area contributed by atoms with Gasteiger partial charge >= 0.3 is 0 Å². The van der Waals surface area contributed by atoms with E-state index in [0.29, 0.717) is 22.8 Å². The van der Waals surface area contributed by atoms with Gasteiger partial charge in [0, 0.05) is 48.3 Å². The van der Waals surface area contributed by atoms with E-state index in [1.165, 1.54) is 0 Å². The van der Waals surface area contributed by atoms with E-state index in [1.807, 2.05) is 38.1 Å². The Morgan fingerprint density at radius 2 is 1.62 bits per heavy atom. The van der Waals surface area contributed by atoms with Gasteiger partial charge in [0.05, 0.1) is 5.41 Å². The van der Waals surface area contributed by atoms with Crippen LogP contribution in [0, 0.1) is 0 Å². The summed E-state index contributed by atoms with van der Waals surface area (Å²) in [6, 6.07) is 17.4. The number of aromatic nitrogens is 1. The number of hydrogen-bond acceptors (Lipinski definition) is 4. The number of likely N-dealkylation sites (N-methyl/N-ethyl adjacent to an activating group) is 1. The molecule has 2 amide bonds. The Balaban J connectivity index is 1.63. The first-order valence-corrected chi connectivity index (χ1v) is 10.6. The third kappa shape index (κ3) is 5.52. The summed E-state index contributed by atoms with van der Waals surface area (Å²) in [4.78, 5) is 31.1. The van der Waals surface area contributed by atoms with Crippen molar-refractivity contribution in [1.82, 2.24) is 9.88 Å². The fraction of sp³-hybridized carbons (Fsp3) is 0.240. The zero-order valence-corrected chi connectivity index (χ0v) is 19.1. The smallest absolute Gasteiger partial charge is 0.255 e. The lowest BCUT2D eigenvalue weighted by atomic mass is 9.83. The number of hydrogen-bond donors (Lipinski definition) is 2. The van der Waals surface area contributed by atoms with Crippen molar-refractivity contribution < 1.29 is 9.59 Å². The molecule has 32 heavy (non-hydrogen) atoms. The molecule has 0 aliphatic carbocycles. The predicted octanol–water partition coefficient (Wildman–Crippen LogP) is 4.42. The molecule has 1 unspecified atom stereocenters. The fourth-order valence-corrected chi connectivity index (χ4v) is 3.60. The van der Waals surface area contributed by atoms with Crippen molar-refractivity contribution in [2.75, 3.05) is 18.9 Å². The molecule has 0 radical (unpaired) electrons. The Bertz CT molecular complexity index is 1070. The second-order valence-electron chi connectivity index (χ2n) is 8.24. The van der Waals surface area contributed by atoms with Crippen LogP contribution in [0.1, 0.15) is 41.4 Å². The molecular formula is C25H27ClN4O2. The summed E-state index contributed by atoms with van der Waals surface area (Å²) >= 11 is 5.97. The number of nitrogens with two attached hydrogens (primary N) is 1. The van der Waals surface area contributed by atoms with Crippen molar-refractivity contribution in [3.63, 3.8) is 0 Å². The monoisotopic (exact) mass is 450 g/mol. The van der Waals surface area contributed by atoms with E-state index in [9.17, 15) is 9.59 Å². The standard InChI is InChI=1S/C25H27ClN4O2/c1-25(2,19-8-10-20(26)11-9-19)24(32)30(3)16-22(27)17-4-6-18(7-5-17)23(31)29-21-12-14-28-15-13-21/h4-15,22H,16,27H2,1-3H3,(H,28,29,31). The molecule has 3 rings (SSSR count). The number of benzene rings is 2. The largest absolute Gasteiger partial charge is 0.343 e. The fourth-order valence-electron chi connectivity index (χ4n) is 3.47. The lowest BCUT2D eigenvalue weighted by molar-refractivity contribution is -0.135. The summed E-state index contributed by atoms with van der Waals surface area (Å²) in [5, 5.41) is 3.45. The topological polar surface area (TPSA) is 88.3 Å². The summed E-state index contributed by atoms with van der Waals surface area (Å²) in [7, 11) is 1.75. The first-order chi connectivity index (χ1) is 15.2. The van der Waals surface area contributed by atoms with Crippen molar-refractivity contribution in [1.29, 1.82) is 0 Å². The van der Waals surface area contributed by atoms with Crippen molar-refractivity contribution in [2.24, 2.45) is 5.73 Å². The van der Waals surface area contributed by atoms with E-state index in [4.69, 9.17) is 17.3 Å². The maximum atomic E-state index is 13.1. The molecule has 7 heteroatoms. The summed E-state index contributed by atoms with van der Waals surface area (Å²) in [5.74, 6) is -0.253. The van der Waals surface area contributed by atoms with Crippen LogP contribution < -0.4 is 11.1 Å². The number of halogens is 1. The second-order valence-corrected chi connectivity index (χ2v) is 8.67. The molecule has 0 aliphatic rings. The molecule has 0 spiro atoms. The van der Waals surface area contributed by atoms with Gasteiger partial charge in [-0.15, -0.1) is 0 Å². The number of nitrogens with zero attached hydrogens (tertiary/aromatic N) is 2. The van der Waals surface area contributed by atoms with Gasteiger partial charge in [-0.3, -0.25) is 14.6 Å². The number of carbonyl (C=O) groups is 2. The van der Waals surface area contributed by atoms with E-state index < -0.39 is 5.41 Å². The van der Waals surface area contributed by atoms with Crippen LogP contribution >= 0.6 is 11.6 Å². The zero-order chi connectivity index (χ0) is 23.3. The lowest BCUT2D eigenvalue weighted by Crippen LogP contribution is -2.44. The molecule has 1 heterocycles. The molecule has 6 nitrogen and oxygen atoms in total. The number of nitrogens with one attached hydrogen (secondary N) is 1. The lowest BCUT2D eigenvalue weighted by Gasteiger charge is -2.31. The highest BCUT2D eigenvalue weighted by Gasteiger charge is 2.33. The number of anilines is 1. The van der Waals surface area contributed by atoms with Crippen molar-refractivity contribution >= 4 is 29.1 Å². The van der Waals surface area contributed by atoms with Gasteiger partial charge in [0.15, 0.2) is 0 Å². The molecule has 1 aromatic heterocycles. The maximum absolute atomic E-state index is 13.1. The van der Waals surface area contributed by atoms with Gasteiger partial charge in [-0.2, -0.15) is 0 Å². The SMILES string of the molecule is CN(CC(N)c1ccc(C(=O)Nc2ccncc2)cc1)C(=O)C(C)(C)c1ccc(Cl)cc1. The molecule has 3 N–H and O–H groups in total. The number of pyridine rings is 1. The van der Waals surface area contributed by atoms with Crippen LogP contribution in [0.5, 0.6) is 0 Å². The van der Waals surface area contributed by atoms with Gasteiger partial charge in [-0.05, 0) is 61.4 Å². The highest BCUT2D eigenvalue weighted by Crippen LogP contribution is 2.27. The van der Waals surface area contributed by atoms with Crippen molar-refractivity contribution in [3.8, 4) is 0 Å². The Morgan fingerprint density at radius 3 is 2.22 bits per heavy atom. The molecule has 3 aromatic rings. The number of carbonyl (C=O) groups excluding carboxylic acids is 2. The van der Waals surface area contributed by atoms with Crippen molar-refractivity contribution in [3.05, 3.63) is 94.8 Å². The molecule has 2 aromatic carbocycles. The van der Waals surface area contributed by atoms with Crippen LogP contribution in [0.3, 0.4) is 0 Å². The highest BCUT2D eigenvalue weighted by molar-refractivity contribution is 6.30. The van der Waals surface area contributed by atoms with Crippen LogP contribution in [-0.2, 0) is 10.2 Å². The van der Waals surface area contributed by atoms with Crippen LogP contribution in [0.15, 0.2) is 73.1 Å². The zero-order valence-electron chi connectivity index (χ0n) is 18.4. The van der Waals surface area contributed by atoms with Crippen LogP contribution in [0.25, 0.3) is 0 Å². The van der Waals surface area contributed by atoms with E-state index in [0.717, 1.165) is 11.1 Å². The maximum Gasteiger partial charge on any atom is 0.255 e. The quantitative estimate of drug-likeness (QED) is 0.557. The van der Waals surface area contributed by atoms with Gasteiger partial charge in [0.2, 0.25) is 5.91 Å². The average molecular weight is 451 g/mol. The second kappa shape index (κ2) is 9.94. The predicted molar refractivity (Wildman–Crippen MR) is 128 cm³/mol. The Morgan fingerprint density at radius 1 is 1.03 bits per heavy atom. The van der Waals surface area contributed by atoms with E-state index in [2.05, 4.69) is 10.3 Å². The summed E-state index contributed by atoms with van der Waals surface area (Å²) in [6.07, 6.45) is 3.23. The first kappa shape index (κ1) is 23.4. The van der Waals surface area contributed by atoms with E-state index in [-0.39, 0.29) is 17.9 Å². The summed E-state index contributed by atoms with van der Waals surface area (Å²) in [6.45, 7) is 4.12. The van der Waals surface area contributed by atoms with E-state index in [1.54, 1.807) is 60.7 Å². The molecule has 1 atom stereocenters. The Hall–Kier alpha value is -3.22. The van der Waals surface area contributed by atoms with Crippen LogP contribution in [-0.4, -0.2) is 35.3 Å². The van der Waals surface area contributed by atoms with Gasteiger partial charge < -0.3 is 16.0 Å². The third-order valence-electron chi connectivity index (χ3n) is 5.46. The van der Waals surface area contributed by atoms with Crippen molar-refractivity contribution in [2.45, 2.75) is 25.3 Å². The minimum atomic E-state index is -0.714. The van der Waals surface area contributed by atoms with Gasteiger partial charge in [-0.25, -0.2) is 0 Å². The minimum Gasteiger partial charge on any atom is -0.343 e. The molecule has 0 aliphatic heterocycles. The number of amides is 2. The van der Waals surface area contributed by atoms with Crippen LogP contribution in [0.2, 0.25) is 5.02 Å². The molecule has 0 bridgehead atoms. The molecular weight excluding hydrogens is 424 g/mol. The molecule has 0 saturated heterocycles. The normalized spacial score (nSPS) is 12.2. The van der Waals surface area contributed by atoms with E-state index >= 15 is 0 Å². The Labute approximate surface area is 193 Å². The Kier molecular flexibility index (Phi) is 7.28. The molecule has 166 valence electrons. The molecule has 0 fully saturated rings. The third-order valence-corrected chi connectivity index (χ3v) is 5.71. The summed E-state index contributed by atoms with van der Waals surface area (Å²) in [5.41, 5.74) is 8.57. The first-order valence-electron chi connectivity index (χ1n) is 10.3. The minimum absolute atomic E-state index is 0.0383. The van der Waals surface area contributed by atoms with Gasteiger partial charge in [-0.1, -0.05) is 35.9 Å². The molecule has 0 saturated carbocycles. The van der Waals surface area contributed by atoms with Crippen LogP contribution in [0.4, 0.5) is 5.69 Å². The highest BCUT2D eigenvalue weighted by atomic mass is 35.5. The van der Waals surface area contributed by atoms with Gasteiger partial charge in [0.25, 0.3) is 5.91 Å².